The van der Waals surface area contributed by atoms with Gasteiger partial charge in [0.25, 0.3) is 0 Å². The summed E-state index contributed by atoms with van der Waals surface area (Å²) < 4.78 is 0.492. The number of halogens is 1. The Morgan fingerprint density at radius 3 is 2.67 bits per heavy atom. The SMILES string of the molecule is N#Cc1csc(Cl)c1N. The topological polar surface area (TPSA) is 49.8 Å². The van der Waals surface area contributed by atoms with Crippen LogP contribution in [-0.4, -0.2) is 0 Å². The van der Waals surface area contributed by atoms with Crippen molar-refractivity contribution in [2.45, 2.75) is 0 Å². The Morgan fingerprint density at radius 2 is 2.44 bits per heavy atom. The summed E-state index contributed by atoms with van der Waals surface area (Å²) in [5, 5.41) is 9.99. The molecule has 9 heavy (non-hydrogen) atoms. The van der Waals surface area contributed by atoms with E-state index in [0.717, 1.165) is 0 Å². The zero-order valence-corrected chi connectivity index (χ0v) is 5.96. The zero-order valence-electron chi connectivity index (χ0n) is 4.39. The van der Waals surface area contributed by atoms with Gasteiger partial charge >= 0.3 is 0 Å². The van der Waals surface area contributed by atoms with Crippen LogP contribution in [0.15, 0.2) is 5.38 Å². The Bertz CT molecular complexity index is 260. The molecule has 0 aliphatic rings. The Labute approximate surface area is 61.5 Å². The van der Waals surface area contributed by atoms with E-state index in [0.29, 0.717) is 15.6 Å². The summed E-state index contributed by atoms with van der Waals surface area (Å²) in [5.74, 6) is 0. The molecule has 0 radical (unpaired) electrons. The highest BCUT2D eigenvalue weighted by atomic mass is 35.5. The quantitative estimate of drug-likeness (QED) is 0.627. The van der Waals surface area contributed by atoms with Crippen molar-refractivity contribution >= 4 is 28.6 Å². The van der Waals surface area contributed by atoms with Crippen molar-refractivity contribution in [3.05, 3.63) is 15.3 Å². The molecule has 0 saturated heterocycles. The molecular weight excluding hydrogens is 156 g/mol. The van der Waals surface area contributed by atoms with E-state index in [1.807, 2.05) is 6.07 Å². The van der Waals surface area contributed by atoms with Crippen molar-refractivity contribution in [1.82, 2.24) is 0 Å². The van der Waals surface area contributed by atoms with E-state index in [-0.39, 0.29) is 0 Å². The first-order valence-electron chi connectivity index (χ1n) is 2.18. The van der Waals surface area contributed by atoms with Crippen molar-refractivity contribution < 1.29 is 0 Å². The van der Waals surface area contributed by atoms with Crippen molar-refractivity contribution in [2.75, 3.05) is 5.73 Å². The molecule has 0 aromatic carbocycles. The largest absolute Gasteiger partial charge is 0.396 e. The molecule has 1 heterocycles. The van der Waals surface area contributed by atoms with Gasteiger partial charge in [-0.3, -0.25) is 0 Å². The molecule has 0 unspecified atom stereocenters. The molecule has 0 atom stereocenters. The number of nitrogen functional groups attached to an aromatic ring is 1. The number of thiophene rings is 1. The molecule has 1 aromatic heterocycles. The van der Waals surface area contributed by atoms with Crippen molar-refractivity contribution in [3.8, 4) is 6.07 Å². The van der Waals surface area contributed by atoms with Gasteiger partial charge in [0.2, 0.25) is 0 Å². The van der Waals surface area contributed by atoms with Crippen LogP contribution in [0.1, 0.15) is 5.56 Å². The van der Waals surface area contributed by atoms with Crippen LogP contribution in [0.4, 0.5) is 5.69 Å². The molecule has 0 saturated carbocycles. The number of rotatable bonds is 0. The van der Waals surface area contributed by atoms with Crippen LogP contribution in [0.2, 0.25) is 4.34 Å². The van der Waals surface area contributed by atoms with E-state index >= 15 is 0 Å². The van der Waals surface area contributed by atoms with Crippen LogP contribution < -0.4 is 5.73 Å². The monoisotopic (exact) mass is 158 g/mol. The fraction of sp³-hybridized carbons (Fsp3) is 0. The highest BCUT2D eigenvalue weighted by Gasteiger charge is 2.03. The lowest BCUT2D eigenvalue weighted by molar-refractivity contribution is 1.51. The van der Waals surface area contributed by atoms with Crippen molar-refractivity contribution in [1.29, 1.82) is 5.26 Å². The number of nitriles is 1. The second-order valence-electron chi connectivity index (χ2n) is 1.45. The number of nitrogens with two attached hydrogens (primary N) is 1. The molecule has 2 N–H and O–H groups in total. The second kappa shape index (κ2) is 2.26. The van der Waals surface area contributed by atoms with E-state index in [1.54, 1.807) is 5.38 Å². The Balaban J connectivity index is 3.24. The Kier molecular flexibility index (Phi) is 1.60. The molecule has 0 aliphatic heterocycles. The molecule has 4 heteroatoms. The maximum atomic E-state index is 8.35. The highest BCUT2D eigenvalue weighted by Crippen LogP contribution is 2.28. The van der Waals surface area contributed by atoms with Gasteiger partial charge in [-0.15, -0.1) is 11.3 Å². The molecule has 46 valence electrons. The zero-order chi connectivity index (χ0) is 6.85. The number of hydrogen-bond acceptors (Lipinski definition) is 3. The summed E-state index contributed by atoms with van der Waals surface area (Å²) >= 11 is 6.82. The fourth-order valence-corrected chi connectivity index (χ4v) is 1.30. The Hall–Kier alpha value is -0.720. The summed E-state index contributed by atoms with van der Waals surface area (Å²) in [5.41, 5.74) is 6.22. The standard InChI is InChI=1S/C5H3ClN2S/c6-5-4(8)3(1-7)2-9-5/h2H,8H2. The van der Waals surface area contributed by atoms with Crippen LogP contribution >= 0.6 is 22.9 Å². The summed E-state index contributed by atoms with van der Waals surface area (Å²) in [6.07, 6.45) is 0. The molecule has 0 amide bonds. The van der Waals surface area contributed by atoms with Gasteiger partial charge in [0.1, 0.15) is 10.4 Å². The minimum absolute atomic E-state index is 0.393. The molecule has 1 rings (SSSR count). The predicted molar refractivity (Wildman–Crippen MR) is 38.5 cm³/mol. The average molecular weight is 159 g/mol. The van der Waals surface area contributed by atoms with E-state index in [9.17, 15) is 0 Å². The molecule has 0 bridgehead atoms. The molecule has 0 spiro atoms. The van der Waals surface area contributed by atoms with Gasteiger partial charge in [-0.1, -0.05) is 11.6 Å². The van der Waals surface area contributed by atoms with Gasteiger partial charge in [0.15, 0.2) is 0 Å². The maximum Gasteiger partial charge on any atom is 0.117 e. The van der Waals surface area contributed by atoms with Gasteiger partial charge in [0.05, 0.1) is 11.3 Å². The van der Waals surface area contributed by atoms with Crippen LogP contribution in [0, 0.1) is 11.3 Å². The third-order valence-corrected chi connectivity index (χ3v) is 2.15. The van der Waals surface area contributed by atoms with E-state index in [2.05, 4.69) is 0 Å². The predicted octanol–water partition coefficient (Wildman–Crippen LogP) is 1.86. The van der Waals surface area contributed by atoms with Crippen LogP contribution in [0.25, 0.3) is 0 Å². The average Bonchev–Trinajstić information content (AvgIpc) is 2.15. The minimum atomic E-state index is 0.393. The van der Waals surface area contributed by atoms with E-state index in [4.69, 9.17) is 22.6 Å². The lowest BCUT2D eigenvalue weighted by Gasteiger charge is -1.83. The van der Waals surface area contributed by atoms with E-state index < -0.39 is 0 Å². The lowest BCUT2D eigenvalue weighted by atomic mass is 10.3. The molecule has 0 fully saturated rings. The second-order valence-corrected chi connectivity index (χ2v) is 2.93. The normalized spacial score (nSPS) is 8.89. The lowest BCUT2D eigenvalue weighted by Crippen LogP contribution is -1.83. The first-order chi connectivity index (χ1) is 4.25. The smallest absolute Gasteiger partial charge is 0.117 e. The highest BCUT2D eigenvalue weighted by molar-refractivity contribution is 7.15. The first-order valence-corrected chi connectivity index (χ1v) is 3.44. The third-order valence-electron chi connectivity index (χ3n) is 0.903. The first kappa shape index (κ1) is 6.40. The minimum Gasteiger partial charge on any atom is -0.396 e. The molecule has 0 aliphatic carbocycles. The molecule has 2 nitrogen and oxygen atoms in total. The van der Waals surface area contributed by atoms with E-state index in [1.165, 1.54) is 11.3 Å². The number of hydrogen-bond donors (Lipinski definition) is 1. The summed E-state index contributed by atoms with van der Waals surface area (Å²) in [7, 11) is 0. The number of nitrogens with zero attached hydrogens (tertiary/aromatic N) is 1. The summed E-state index contributed by atoms with van der Waals surface area (Å²) in [4.78, 5) is 0. The van der Waals surface area contributed by atoms with Gasteiger partial charge in [-0.2, -0.15) is 5.26 Å². The van der Waals surface area contributed by atoms with Gasteiger partial charge in [0, 0.05) is 5.38 Å². The van der Waals surface area contributed by atoms with Crippen LogP contribution in [0.3, 0.4) is 0 Å². The summed E-state index contributed by atoms with van der Waals surface area (Å²) in [6.45, 7) is 0. The third kappa shape index (κ3) is 0.995. The van der Waals surface area contributed by atoms with Crippen LogP contribution in [-0.2, 0) is 0 Å². The molecular formula is C5H3ClN2S. The summed E-state index contributed by atoms with van der Waals surface area (Å²) in [6, 6.07) is 1.92. The van der Waals surface area contributed by atoms with Crippen molar-refractivity contribution in [3.63, 3.8) is 0 Å². The maximum absolute atomic E-state index is 8.35. The molecule has 1 aromatic rings. The Morgan fingerprint density at radius 1 is 1.78 bits per heavy atom. The van der Waals surface area contributed by atoms with Gasteiger partial charge < -0.3 is 5.73 Å². The van der Waals surface area contributed by atoms with Gasteiger partial charge in [-0.05, 0) is 0 Å². The van der Waals surface area contributed by atoms with Crippen molar-refractivity contribution in [2.24, 2.45) is 0 Å². The fourth-order valence-electron chi connectivity index (χ4n) is 0.430. The number of anilines is 1. The van der Waals surface area contributed by atoms with Crippen LogP contribution in [0.5, 0.6) is 0 Å². The van der Waals surface area contributed by atoms with Gasteiger partial charge in [-0.25, -0.2) is 0 Å².